The van der Waals surface area contributed by atoms with E-state index in [1.54, 1.807) is 6.92 Å². The Morgan fingerprint density at radius 2 is 2.00 bits per heavy atom. The first-order valence-electron chi connectivity index (χ1n) is 4.37. The molecule has 0 saturated carbocycles. The predicted octanol–water partition coefficient (Wildman–Crippen LogP) is 1.27. The molecule has 0 heterocycles. The van der Waals surface area contributed by atoms with E-state index in [4.69, 9.17) is 0 Å². The summed E-state index contributed by atoms with van der Waals surface area (Å²) in [5.74, 6) is -0.0283. The van der Waals surface area contributed by atoms with Crippen LogP contribution in [0.4, 0.5) is 0 Å². The fourth-order valence-corrected chi connectivity index (χ4v) is 0.753. The van der Waals surface area contributed by atoms with Gasteiger partial charge in [-0.05, 0) is 20.3 Å². The summed E-state index contributed by atoms with van der Waals surface area (Å²) in [5, 5.41) is 2.63. The summed E-state index contributed by atoms with van der Waals surface area (Å²) in [4.78, 5) is 21.8. The minimum atomic E-state index is -0.339. The highest BCUT2D eigenvalue weighted by molar-refractivity contribution is 5.86. The molecule has 1 N–H and O–H groups in total. The smallest absolute Gasteiger partial charge is 0.220 e. The van der Waals surface area contributed by atoms with Crippen LogP contribution in [-0.2, 0) is 9.59 Å². The van der Waals surface area contributed by atoms with Crippen molar-refractivity contribution in [3.63, 3.8) is 0 Å². The summed E-state index contributed by atoms with van der Waals surface area (Å²) in [6, 6.07) is -0.339. The number of Topliss-reactive ketones (excluding diaryl/α,β-unsaturated/α-hetero) is 1. The molecule has 12 heavy (non-hydrogen) atoms. The second-order valence-corrected chi connectivity index (χ2v) is 3.00. The molecule has 0 aromatic heterocycles. The number of hydrogen-bond acceptors (Lipinski definition) is 2. The molecule has 0 aliphatic carbocycles. The monoisotopic (exact) mass is 171 g/mol. The average molecular weight is 171 g/mol. The van der Waals surface area contributed by atoms with Gasteiger partial charge in [0.15, 0.2) is 5.78 Å². The van der Waals surface area contributed by atoms with Crippen LogP contribution in [0.15, 0.2) is 0 Å². The van der Waals surface area contributed by atoms with E-state index < -0.39 is 0 Å². The van der Waals surface area contributed by atoms with Crippen LogP contribution < -0.4 is 5.32 Å². The number of carbonyl (C=O) groups is 2. The number of ketones is 1. The maximum Gasteiger partial charge on any atom is 0.220 e. The van der Waals surface area contributed by atoms with Crippen molar-refractivity contribution in [2.75, 3.05) is 0 Å². The number of unbranched alkanes of at least 4 members (excludes halogenated alkanes) is 1. The van der Waals surface area contributed by atoms with Crippen LogP contribution in [0, 0.1) is 0 Å². The lowest BCUT2D eigenvalue weighted by Gasteiger charge is -2.09. The van der Waals surface area contributed by atoms with Gasteiger partial charge in [0, 0.05) is 6.42 Å². The Kier molecular flexibility index (Phi) is 5.34. The zero-order valence-electron chi connectivity index (χ0n) is 8.02. The highest BCUT2D eigenvalue weighted by atomic mass is 16.2. The Bertz CT molecular complexity index is 166. The van der Waals surface area contributed by atoms with Gasteiger partial charge in [0.25, 0.3) is 0 Å². The standard InChI is InChI=1S/C9H17NO2/c1-4-5-6-9(12)10-7(2)8(3)11/h7H,4-6H2,1-3H3,(H,10,12). The van der Waals surface area contributed by atoms with Gasteiger partial charge in [-0.1, -0.05) is 13.3 Å². The Hall–Kier alpha value is -0.860. The van der Waals surface area contributed by atoms with Gasteiger partial charge in [0.1, 0.15) is 0 Å². The topological polar surface area (TPSA) is 46.2 Å². The van der Waals surface area contributed by atoms with Gasteiger partial charge < -0.3 is 5.32 Å². The molecule has 0 aromatic rings. The Balaban J connectivity index is 3.61. The molecule has 3 nitrogen and oxygen atoms in total. The van der Waals surface area contributed by atoms with Gasteiger partial charge in [-0.2, -0.15) is 0 Å². The zero-order valence-corrected chi connectivity index (χ0v) is 8.02. The van der Waals surface area contributed by atoms with Crippen molar-refractivity contribution < 1.29 is 9.59 Å². The van der Waals surface area contributed by atoms with Crippen LogP contribution in [0.3, 0.4) is 0 Å². The number of carbonyl (C=O) groups excluding carboxylic acids is 2. The van der Waals surface area contributed by atoms with Crippen LogP contribution in [0.25, 0.3) is 0 Å². The summed E-state index contributed by atoms with van der Waals surface area (Å²) >= 11 is 0. The van der Waals surface area contributed by atoms with E-state index in [9.17, 15) is 9.59 Å². The molecular weight excluding hydrogens is 154 g/mol. The van der Waals surface area contributed by atoms with Crippen LogP contribution in [0.1, 0.15) is 40.0 Å². The molecule has 1 amide bonds. The first-order valence-corrected chi connectivity index (χ1v) is 4.37. The largest absolute Gasteiger partial charge is 0.347 e. The van der Waals surface area contributed by atoms with Crippen molar-refractivity contribution in [1.29, 1.82) is 0 Å². The van der Waals surface area contributed by atoms with E-state index in [-0.39, 0.29) is 17.7 Å². The summed E-state index contributed by atoms with van der Waals surface area (Å²) in [6.45, 7) is 5.21. The van der Waals surface area contributed by atoms with E-state index in [2.05, 4.69) is 5.32 Å². The summed E-state index contributed by atoms with van der Waals surface area (Å²) in [7, 11) is 0. The lowest BCUT2D eigenvalue weighted by atomic mass is 10.2. The molecule has 3 heteroatoms. The molecule has 0 aromatic carbocycles. The number of nitrogens with one attached hydrogen (secondary N) is 1. The Morgan fingerprint density at radius 3 is 2.42 bits per heavy atom. The molecule has 0 aliphatic rings. The first-order chi connectivity index (χ1) is 5.57. The second-order valence-electron chi connectivity index (χ2n) is 3.00. The van der Waals surface area contributed by atoms with Crippen LogP contribution in [-0.4, -0.2) is 17.7 Å². The normalized spacial score (nSPS) is 12.2. The van der Waals surface area contributed by atoms with E-state index in [0.29, 0.717) is 6.42 Å². The summed E-state index contributed by atoms with van der Waals surface area (Å²) in [5.41, 5.74) is 0. The minimum Gasteiger partial charge on any atom is -0.347 e. The fourth-order valence-electron chi connectivity index (χ4n) is 0.753. The molecule has 1 atom stereocenters. The predicted molar refractivity (Wildman–Crippen MR) is 47.8 cm³/mol. The van der Waals surface area contributed by atoms with Crippen LogP contribution in [0.2, 0.25) is 0 Å². The molecule has 0 spiro atoms. The number of rotatable bonds is 5. The van der Waals surface area contributed by atoms with Crippen molar-refractivity contribution in [1.82, 2.24) is 5.32 Å². The molecule has 70 valence electrons. The quantitative estimate of drug-likeness (QED) is 0.677. The first kappa shape index (κ1) is 11.1. The van der Waals surface area contributed by atoms with Crippen molar-refractivity contribution in [2.24, 2.45) is 0 Å². The van der Waals surface area contributed by atoms with Gasteiger partial charge in [-0.15, -0.1) is 0 Å². The van der Waals surface area contributed by atoms with E-state index in [1.807, 2.05) is 6.92 Å². The molecule has 0 saturated heterocycles. The van der Waals surface area contributed by atoms with Gasteiger partial charge >= 0.3 is 0 Å². The van der Waals surface area contributed by atoms with Crippen molar-refractivity contribution in [2.45, 2.75) is 46.1 Å². The summed E-state index contributed by atoms with van der Waals surface area (Å²) < 4.78 is 0. The average Bonchev–Trinajstić information content (AvgIpc) is 2.00. The van der Waals surface area contributed by atoms with Crippen LogP contribution >= 0.6 is 0 Å². The highest BCUT2D eigenvalue weighted by Gasteiger charge is 2.09. The van der Waals surface area contributed by atoms with Crippen molar-refractivity contribution in [3.8, 4) is 0 Å². The van der Waals surface area contributed by atoms with Crippen LogP contribution in [0.5, 0.6) is 0 Å². The minimum absolute atomic E-state index is 0.000140. The highest BCUT2D eigenvalue weighted by Crippen LogP contribution is 1.94. The number of hydrogen-bond donors (Lipinski definition) is 1. The third-order valence-corrected chi connectivity index (χ3v) is 1.74. The Labute approximate surface area is 73.5 Å². The fraction of sp³-hybridized carbons (Fsp3) is 0.778. The van der Waals surface area contributed by atoms with E-state index >= 15 is 0 Å². The van der Waals surface area contributed by atoms with Crippen molar-refractivity contribution in [3.05, 3.63) is 0 Å². The molecule has 0 aliphatic heterocycles. The maximum atomic E-state index is 11.1. The molecule has 0 radical (unpaired) electrons. The van der Waals surface area contributed by atoms with Gasteiger partial charge in [0.05, 0.1) is 6.04 Å². The van der Waals surface area contributed by atoms with E-state index in [0.717, 1.165) is 12.8 Å². The molecule has 0 fully saturated rings. The maximum absolute atomic E-state index is 11.1. The number of amides is 1. The van der Waals surface area contributed by atoms with Gasteiger partial charge in [0.2, 0.25) is 5.91 Å². The SMILES string of the molecule is CCCCC(=O)NC(C)C(C)=O. The Morgan fingerprint density at radius 1 is 1.42 bits per heavy atom. The van der Waals surface area contributed by atoms with Crippen molar-refractivity contribution >= 4 is 11.7 Å². The second kappa shape index (κ2) is 5.75. The third kappa shape index (κ3) is 4.88. The molecule has 0 rings (SSSR count). The third-order valence-electron chi connectivity index (χ3n) is 1.74. The van der Waals surface area contributed by atoms with E-state index in [1.165, 1.54) is 6.92 Å². The van der Waals surface area contributed by atoms with Gasteiger partial charge in [-0.25, -0.2) is 0 Å². The lowest BCUT2D eigenvalue weighted by molar-refractivity contribution is -0.126. The zero-order chi connectivity index (χ0) is 9.56. The molecule has 0 bridgehead atoms. The molecular formula is C9H17NO2. The van der Waals surface area contributed by atoms with Gasteiger partial charge in [-0.3, -0.25) is 9.59 Å². The lowest BCUT2D eigenvalue weighted by Crippen LogP contribution is -2.37. The summed E-state index contributed by atoms with van der Waals surface area (Å²) in [6.07, 6.45) is 2.41. The molecule has 1 unspecified atom stereocenters.